The maximum atomic E-state index is 12.3. The third-order valence-corrected chi connectivity index (χ3v) is 6.87. The van der Waals surface area contributed by atoms with E-state index in [2.05, 4.69) is 11.1 Å². The van der Waals surface area contributed by atoms with E-state index in [1.165, 1.54) is 0 Å². The molecule has 1 atom stereocenters. The second kappa shape index (κ2) is 11.2. The van der Waals surface area contributed by atoms with Crippen molar-refractivity contribution in [3.8, 4) is 18.1 Å². The molecule has 178 valence electrons. The van der Waals surface area contributed by atoms with E-state index in [1.54, 1.807) is 23.2 Å². The van der Waals surface area contributed by atoms with Crippen molar-refractivity contribution < 1.29 is 23.9 Å². The molecule has 1 saturated heterocycles. The normalized spacial score (nSPS) is 18.1. The number of ether oxygens (including phenoxy) is 2. The van der Waals surface area contributed by atoms with Crippen LogP contribution in [0, 0.1) is 12.3 Å². The molecule has 34 heavy (non-hydrogen) atoms. The average molecular weight is 482 g/mol. The van der Waals surface area contributed by atoms with Gasteiger partial charge in [-0.15, -0.1) is 17.8 Å². The van der Waals surface area contributed by atoms with E-state index < -0.39 is 5.97 Å². The highest BCUT2D eigenvalue weighted by molar-refractivity contribution is 7.10. The van der Waals surface area contributed by atoms with E-state index in [0.717, 1.165) is 34.8 Å². The third kappa shape index (κ3) is 5.57. The number of esters is 1. The number of hydrogen-bond acceptors (Lipinski definition) is 8. The number of nitrogens with zero attached hydrogens (tertiary/aromatic N) is 3. The number of rotatable bonds is 8. The van der Waals surface area contributed by atoms with Crippen molar-refractivity contribution in [3.63, 3.8) is 0 Å². The molecule has 8 nitrogen and oxygen atoms in total. The van der Waals surface area contributed by atoms with E-state index in [-0.39, 0.29) is 37.6 Å². The molecule has 1 aromatic carbocycles. The van der Waals surface area contributed by atoms with Crippen LogP contribution in [0.2, 0.25) is 0 Å². The second-order valence-electron chi connectivity index (χ2n) is 8.07. The number of carbonyl (C=O) groups is 2. The number of oxime groups is 1. The maximum Gasteiger partial charge on any atom is 0.315 e. The molecule has 4 rings (SSSR count). The number of benzene rings is 1. The Morgan fingerprint density at radius 1 is 1.29 bits per heavy atom. The Bertz CT molecular complexity index is 1100. The van der Waals surface area contributed by atoms with E-state index >= 15 is 0 Å². The van der Waals surface area contributed by atoms with Gasteiger partial charge in [-0.25, -0.2) is 4.98 Å². The number of likely N-dealkylation sites (tertiary alicyclic amines) is 1. The molecule has 2 aliphatic rings. The Morgan fingerprint density at radius 3 is 2.85 bits per heavy atom. The van der Waals surface area contributed by atoms with Gasteiger partial charge in [-0.2, -0.15) is 0 Å². The molecule has 1 fully saturated rings. The number of piperidine rings is 1. The van der Waals surface area contributed by atoms with Crippen LogP contribution in [0.3, 0.4) is 0 Å². The van der Waals surface area contributed by atoms with Crippen molar-refractivity contribution in [1.82, 2.24) is 9.88 Å². The fourth-order valence-electron chi connectivity index (χ4n) is 4.12. The first kappa shape index (κ1) is 23.8. The van der Waals surface area contributed by atoms with Crippen molar-refractivity contribution in [3.05, 3.63) is 45.9 Å². The van der Waals surface area contributed by atoms with Crippen LogP contribution in [0.4, 0.5) is 0 Å². The first-order valence-electron chi connectivity index (χ1n) is 11.4. The quantitative estimate of drug-likeness (QED) is 0.325. The summed E-state index contributed by atoms with van der Waals surface area (Å²) in [5, 5.41) is 7.34. The predicted octanol–water partition coefficient (Wildman–Crippen LogP) is 3.68. The lowest BCUT2D eigenvalue weighted by Crippen LogP contribution is -2.39. The van der Waals surface area contributed by atoms with Crippen molar-refractivity contribution in [2.24, 2.45) is 5.16 Å². The van der Waals surface area contributed by atoms with Gasteiger partial charge >= 0.3 is 5.97 Å². The molecule has 0 saturated carbocycles. The van der Waals surface area contributed by atoms with Gasteiger partial charge in [0.05, 0.1) is 17.3 Å². The zero-order valence-electron chi connectivity index (χ0n) is 19.1. The van der Waals surface area contributed by atoms with Gasteiger partial charge in [-0.05, 0) is 25.8 Å². The van der Waals surface area contributed by atoms with Gasteiger partial charge in [-0.3, -0.25) is 9.59 Å². The maximum absolute atomic E-state index is 12.3. The van der Waals surface area contributed by atoms with E-state index in [0.29, 0.717) is 25.3 Å². The Balaban J connectivity index is 1.32. The molecule has 1 aromatic heterocycles. The van der Waals surface area contributed by atoms with Crippen LogP contribution >= 0.6 is 11.3 Å². The number of amides is 1. The predicted molar refractivity (Wildman–Crippen MR) is 128 cm³/mol. The van der Waals surface area contributed by atoms with E-state index in [1.807, 2.05) is 29.6 Å². The van der Waals surface area contributed by atoms with Crippen molar-refractivity contribution >= 4 is 28.9 Å². The number of para-hydroxylation sites is 1. The molecule has 3 heterocycles. The molecular formula is C25H27N3O5S. The fourth-order valence-corrected chi connectivity index (χ4v) is 5.12. The van der Waals surface area contributed by atoms with Crippen LogP contribution in [-0.2, 0) is 19.2 Å². The summed E-state index contributed by atoms with van der Waals surface area (Å²) in [5.41, 5.74) is 2.54. The minimum Gasteiger partial charge on any atom is -0.481 e. The van der Waals surface area contributed by atoms with Gasteiger partial charge in [0.1, 0.15) is 24.5 Å². The van der Waals surface area contributed by atoms with Crippen LogP contribution in [0.25, 0.3) is 0 Å². The molecule has 0 N–H and O–H groups in total. The van der Waals surface area contributed by atoms with Crippen LogP contribution in [0.15, 0.2) is 34.8 Å². The molecule has 0 radical (unpaired) electrons. The Labute approximate surface area is 202 Å². The van der Waals surface area contributed by atoms with Gasteiger partial charge in [0, 0.05) is 36.4 Å². The van der Waals surface area contributed by atoms with Gasteiger partial charge in [-0.1, -0.05) is 29.3 Å². The zero-order valence-corrected chi connectivity index (χ0v) is 19.9. The molecule has 0 aliphatic carbocycles. The molecule has 9 heteroatoms. The zero-order chi connectivity index (χ0) is 23.9. The molecular weight excluding hydrogens is 454 g/mol. The molecule has 1 amide bonds. The Hall–Kier alpha value is -3.38. The van der Waals surface area contributed by atoms with E-state index in [4.69, 9.17) is 25.7 Å². The number of terminal acetylenes is 1. The topological polar surface area (TPSA) is 90.3 Å². The van der Waals surface area contributed by atoms with Crippen LogP contribution in [0.5, 0.6) is 5.75 Å². The van der Waals surface area contributed by atoms with Crippen LogP contribution in [-0.4, -0.2) is 53.8 Å². The summed E-state index contributed by atoms with van der Waals surface area (Å²) in [7, 11) is 0. The molecule has 0 spiro atoms. The Morgan fingerprint density at radius 2 is 2.09 bits per heavy atom. The SMILES string of the molecule is C#CCOc1ccccc1C1CC(c2csc(C3CCN(C(=O)CC(=O)OCC)CC3)n2)=NO1. The highest BCUT2D eigenvalue weighted by atomic mass is 32.1. The minimum atomic E-state index is -0.470. The summed E-state index contributed by atoms with van der Waals surface area (Å²) >= 11 is 1.61. The third-order valence-electron chi connectivity index (χ3n) is 5.86. The number of carbonyl (C=O) groups excluding carboxylic acids is 2. The summed E-state index contributed by atoms with van der Waals surface area (Å²) in [6, 6.07) is 7.66. The molecule has 2 aromatic rings. The van der Waals surface area contributed by atoms with Gasteiger partial charge in [0.25, 0.3) is 0 Å². The Kier molecular flexibility index (Phi) is 7.80. The van der Waals surface area contributed by atoms with Crippen molar-refractivity contribution in [2.75, 3.05) is 26.3 Å². The first-order chi connectivity index (χ1) is 16.6. The smallest absolute Gasteiger partial charge is 0.315 e. The standard InChI is InChI=1S/C25H27N3O5S/c1-3-13-32-21-8-6-5-7-18(21)22-14-19(27-33-22)20-16-34-25(26-20)17-9-11-28(12-10-17)23(29)15-24(30)31-4-2/h1,5-8,16-17,22H,4,9-15H2,2H3. The lowest BCUT2D eigenvalue weighted by molar-refractivity contribution is -0.149. The second-order valence-corrected chi connectivity index (χ2v) is 8.96. The van der Waals surface area contributed by atoms with E-state index in [9.17, 15) is 9.59 Å². The summed E-state index contributed by atoms with van der Waals surface area (Å²) < 4.78 is 10.5. The van der Waals surface area contributed by atoms with Gasteiger partial charge < -0.3 is 19.2 Å². The summed E-state index contributed by atoms with van der Waals surface area (Å²) in [5.74, 6) is 2.82. The highest BCUT2D eigenvalue weighted by Crippen LogP contribution is 2.36. The van der Waals surface area contributed by atoms with Gasteiger partial charge in [0.2, 0.25) is 5.91 Å². The summed E-state index contributed by atoms with van der Waals surface area (Å²) in [4.78, 5) is 36.2. The van der Waals surface area contributed by atoms with Crippen LogP contribution in [0.1, 0.15) is 60.9 Å². The lowest BCUT2D eigenvalue weighted by Gasteiger charge is -2.31. The monoisotopic (exact) mass is 481 g/mol. The number of thiazole rings is 1. The first-order valence-corrected chi connectivity index (χ1v) is 12.2. The minimum absolute atomic E-state index is 0.174. The molecule has 2 aliphatic heterocycles. The molecule has 0 bridgehead atoms. The fraction of sp³-hybridized carbons (Fsp3) is 0.440. The number of aromatic nitrogens is 1. The summed E-state index contributed by atoms with van der Waals surface area (Å²) in [6.45, 7) is 3.43. The van der Waals surface area contributed by atoms with Crippen molar-refractivity contribution in [1.29, 1.82) is 0 Å². The molecule has 1 unspecified atom stereocenters. The van der Waals surface area contributed by atoms with Crippen LogP contribution < -0.4 is 4.74 Å². The van der Waals surface area contributed by atoms with Crippen molar-refractivity contribution in [2.45, 2.75) is 44.6 Å². The van der Waals surface area contributed by atoms with Gasteiger partial charge in [0.15, 0.2) is 6.10 Å². The lowest BCUT2D eigenvalue weighted by atomic mass is 9.97. The average Bonchev–Trinajstić information content (AvgIpc) is 3.53. The number of hydrogen-bond donors (Lipinski definition) is 0. The highest BCUT2D eigenvalue weighted by Gasteiger charge is 2.30. The largest absolute Gasteiger partial charge is 0.481 e. The summed E-state index contributed by atoms with van der Waals surface area (Å²) in [6.07, 6.45) is 7.10.